The van der Waals surface area contributed by atoms with E-state index in [1.54, 1.807) is 14.2 Å². The first-order valence-electron chi connectivity index (χ1n) is 10.4. The van der Waals surface area contributed by atoms with Crippen molar-refractivity contribution in [1.29, 1.82) is 0 Å². The molecule has 0 amide bonds. The van der Waals surface area contributed by atoms with Gasteiger partial charge >= 0.3 is 0 Å². The van der Waals surface area contributed by atoms with Crippen LogP contribution in [0.15, 0.2) is 109 Å². The third-order valence-corrected chi connectivity index (χ3v) is 5.45. The molecule has 0 fully saturated rings. The lowest BCUT2D eigenvalue weighted by atomic mass is 9.93. The molecule has 156 valence electrons. The Kier molecular flexibility index (Phi) is 6.65. The maximum atomic E-state index is 5.50. The zero-order valence-corrected chi connectivity index (χ0v) is 17.9. The Morgan fingerprint density at radius 2 is 0.871 bits per heavy atom. The number of nitrogens with one attached hydrogen (secondary N) is 1. The summed E-state index contributed by atoms with van der Waals surface area (Å²) in [6.45, 7) is 0. The SMILES string of the molecule is COc1cccc([C@@H](N[C@@H](c2ccccc2)c2cccc(OC)c2)c2ccccc2)c1. The molecule has 4 aromatic rings. The van der Waals surface area contributed by atoms with Gasteiger partial charge in [-0.15, -0.1) is 0 Å². The highest BCUT2D eigenvalue weighted by molar-refractivity contribution is 5.41. The Bertz CT molecular complexity index is 1010. The first-order chi connectivity index (χ1) is 15.3. The molecule has 4 aromatic carbocycles. The van der Waals surface area contributed by atoms with Crippen molar-refractivity contribution in [2.75, 3.05) is 14.2 Å². The number of hydrogen-bond acceptors (Lipinski definition) is 3. The summed E-state index contributed by atoms with van der Waals surface area (Å²) in [5.74, 6) is 1.69. The number of ether oxygens (including phenoxy) is 2. The minimum atomic E-state index is -0.0206. The van der Waals surface area contributed by atoms with Crippen molar-refractivity contribution in [3.05, 3.63) is 131 Å². The van der Waals surface area contributed by atoms with Crippen LogP contribution >= 0.6 is 0 Å². The van der Waals surface area contributed by atoms with Crippen molar-refractivity contribution in [3.63, 3.8) is 0 Å². The Balaban J connectivity index is 1.80. The van der Waals surface area contributed by atoms with Crippen molar-refractivity contribution in [3.8, 4) is 11.5 Å². The van der Waals surface area contributed by atoms with Crippen molar-refractivity contribution >= 4 is 0 Å². The van der Waals surface area contributed by atoms with Gasteiger partial charge in [-0.25, -0.2) is 0 Å². The molecule has 0 saturated heterocycles. The molecule has 0 aliphatic rings. The van der Waals surface area contributed by atoms with Crippen LogP contribution in [0.1, 0.15) is 34.3 Å². The molecule has 3 nitrogen and oxygen atoms in total. The van der Waals surface area contributed by atoms with E-state index >= 15 is 0 Å². The van der Waals surface area contributed by atoms with Gasteiger partial charge in [0.25, 0.3) is 0 Å². The van der Waals surface area contributed by atoms with Gasteiger partial charge in [0.2, 0.25) is 0 Å². The Labute approximate surface area is 184 Å². The summed E-state index contributed by atoms with van der Waals surface area (Å²) in [5, 5.41) is 3.91. The van der Waals surface area contributed by atoms with Gasteiger partial charge < -0.3 is 9.47 Å². The van der Waals surface area contributed by atoms with E-state index in [4.69, 9.17) is 9.47 Å². The second-order valence-electron chi connectivity index (χ2n) is 7.41. The maximum absolute atomic E-state index is 5.50. The summed E-state index contributed by atoms with van der Waals surface area (Å²) in [6, 6.07) is 37.5. The van der Waals surface area contributed by atoms with Gasteiger partial charge in [0.15, 0.2) is 0 Å². The zero-order valence-electron chi connectivity index (χ0n) is 17.9. The van der Waals surface area contributed by atoms with Crippen LogP contribution in [0.2, 0.25) is 0 Å². The minimum Gasteiger partial charge on any atom is -0.497 e. The van der Waals surface area contributed by atoms with Crippen LogP contribution in [0.3, 0.4) is 0 Å². The van der Waals surface area contributed by atoms with Gasteiger partial charge in [-0.3, -0.25) is 5.32 Å². The van der Waals surface area contributed by atoms with Gasteiger partial charge in [-0.1, -0.05) is 84.9 Å². The van der Waals surface area contributed by atoms with Gasteiger partial charge in [0.1, 0.15) is 11.5 Å². The second-order valence-corrected chi connectivity index (χ2v) is 7.41. The molecule has 1 N–H and O–H groups in total. The van der Waals surface area contributed by atoms with Crippen molar-refractivity contribution in [2.24, 2.45) is 0 Å². The quantitative estimate of drug-likeness (QED) is 0.377. The molecule has 0 aliphatic heterocycles. The summed E-state index contributed by atoms with van der Waals surface area (Å²) < 4.78 is 11.0. The molecule has 0 unspecified atom stereocenters. The molecule has 0 bridgehead atoms. The predicted molar refractivity (Wildman–Crippen MR) is 126 cm³/mol. The van der Waals surface area contributed by atoms with E-state index in [-0.39, 0.29) is 12.1 Å². The van der Waals surface area contributed by atoms with Crippen LogP contribution in [-0.2, 0) is 0 Å². The molecule has 0 heterocycles. The van der Waals surface area contributed by atoms with Crippen molar-refractivity contribution in [2.45, 2.75) is 12.1 Å². The molecule has 31 heavy (non-hydrogen) atoms. The Morgan fingerprint density at radius 1 is 0.484 bits per heavy atom. The van der Waals surface area contributed by atoms with Crippen LogP contribution in [-0.4, -0.2) is 14.2 Å². The molecule has 0 saturated carbocycles. The fraction of sp³-hybridized carbons (Fsp3) is 0.143. The lowest BCUT2D eigenvalue weighted by Gasteiger charge is -2.28. The Hall–Kier alpha value is -3.56. The monoisotopic (exact) mass is 409 g/mol. The molecule has 0 radical (unpaired) electrons. The normalized spacial score (nSPS) is 12.7. The highest BCUT2D eigenvalue weighted by Crippen LogP contribution is 2.32. The summed E-state index contributed by atoms with van der Waals surface area (Å²) in [5.41, 5.74) is 4.68. The molecule has 0 spiro atoms. The van der Waals surface area contributed by atoms with Crippen molar-refractivity contribution in [1.82, 2.24) is 5.32 Å². The molecule has 0 aromatic heterocycles. The highest BCUT2D eigenvalue weighted by Gasteiger charge is 2.22. The maximum Gasteiger partial charge on any atom is 0.119 e. The fourth-order valence-electron chi connectivity index (χ4n) is 3.87. The fourth-order valence-corrected chi connectivity index (χ4v) is 3.87. The highest BCUT2D eigenvalue weighted by atomic mass is 16.5. The Morgan fingerprint density at radius 3 is 1.26 bits per heavy atom. The molecular formula is C28H27NO2. The number of methoxy groups -OCH3 is 2. The van der Waals surface area contributed by atoms with Crippen LogP contribution in [0.5, 0.6) is 11.5 Å². The van der Waals surface area contributed by atoms with Gasteiger partial charge in [0.05, 0.1) is 26.3 Å². The third-order valence-electron chi connectivity index (χ3n) is 5.45. The molecule has 3 heteroatoms. The van der Waals surface area contributed by atoms with Crippen LogP contribution < -0.4 is 14.8 Å². The number of hydrogen-bond donors (Lipinski definition) is 1. The van der Waals surface area contributed by atoms with Crippen LogP contribution in [0.4, 0.5) is 0 Å². The summed E-state index contributed by atoms with van der Waals surface area (Å²) in [7, 11) is 3.40. The average molecular weight is 410 g/mol. The van der Waals surface area contributed by atoms with E-state index < -0.39 is 0 Å². The van der Waals surface area contributed by atoms with Crippen LogP contribution in [0.25, 0.3) is 0 Å². The average Bonchev–Trinajstić information content (AvgIpc) is 2.86. The standard InChI is InChI=1S/C28H27NO2/c1-30-25-17-9-15-23(19-25)27(21-11-5-3-6-12-21)29-28(22-13-7-4-8-14-22)24-16-10-18-26(20-24)31-2/h3-20,27-29H,1-2H3/t27-,28-/m0/s1. The van der Waals surface area contributed by atoms with Gasteiger partial charge in [-0.2, -0.15) is 0 Å². The topological polar surface area (TPSA) is 30.5 Å². The molecule has 4 rings (SSSR count). The lowest BCUT2D eigenvalue weighted by molar-refractivity contribution is 0.412. The summed E-state index contributed by atoms with van der Waals surface area (Å²) in [6.07, 6.45) is 0. The van der Waals surface area contributed by atoms with E-state index in [2.05, 4.69) is 78.1 Å². The number of benzene rings is 4. The number of rotatable bonds is 8. The first-order valence-corrected chi connectivity index (χ1v) is 10.4. The van der Waals surface area contributed by atoms with Gasteiger partial charge in [-0.05, 0) is 46.5 Å². The van der Waals surface area contributed by atoms with Gasteiger partial charge in [0, 0.05) is 0 Å². The lowest BCUT2D eigenvalue weighted by Crippen LogP contribution is -2.28. The molecule has 2 atom stereocenters. The first kappa shape index (κ1) is 20.7. The minimum absolute atomic E-state index is 0.0206. The van der Waals surface area contributed by atoms with E-state index in [0.717, 1.165) is 22.6 Å². The smallest absolute Gasteiger partial charge is 0.119 e. The molecular weight excluding hydrogens is 382 g/mol. The van der Waals surface area contributed by atoms with E-state index in [1.165, 1.54) is 11.1 Å². The van der Waals surface area contributed by atoms with E-state index in [1.807, 2.05) is 36.4 Å². The second kappa shape index (κ2) is 9.96. The zero-order chi connectivity index (χ0) is 21.5. The largest absolute Gasteiger partial charge is 0.497 e. The van der Waals surface area contributed by atoms with E-state index in [9.17, 15) is 0 Å². The van der Waals surface area contributed by atoms with E-state index in [0.29, 0.717) is 0 Å². The predicted octanol–water partition coefficient (Wildman–Crippen LogP) is 6.17. The van der Waals surface area contributed by atoms with Crippen molar-refractivity contribution < 1.29 is 9.47 Å². The molecule has 0 aliphatic carbocycles. The summed E-state index contributed by atoms with van der Waals surface area (Å²) in [4.78, 5) is 0. The summed E-state index contributed by atoms with van der Waals surface area (Å²) >= 11 is 0. The third kappa shape index (κ3) is 4.96. The van der Waals surface area contributed by atoms with Crippen LogP contribution in [0, 0.1) is 0 Å².